The van der Waals surface area contributed by atoms with Gasteiger partial charge in [-0.25, -0.2) is 16.8 Å². The fourth-order valence-electron chi connectivity index (χ4n) is 0.808. The van der Waals surface area contributed by atoms with E-state index in [0.29, 0.717) is 0 Å². The van der Waals surface area contributed by atoms with Crippen molar-refractivity contribution in [1.82, 2.24) is 0 Å². The summed E-state index contributed by atoms with van der Waals surface area (Å²) in [5, 5.41) is 9.31. The summed E-state index contributed by atoms with van der Waals surface area (Å²) < 4.78 is 42.8. The van der Waals surface area contributed by atoms with Crippen LogP contribution >= 0.6 is 23.2 Å². The Morgan fingerprint density at radius 2 is 1.50 bits per heavy atom. The average Bonchev–Trinajstić information content (AvgIpc) is 2.13. The van der Waals surface area contributed by atoms with Crippen molar-refractivity contribution in [2.75, 3.05) is 5.75 Å². The Morgan fingerprint density at radius 1 is 1.06 bits per heavy atom. The van der Waals surface area contributed by atoms with Gasteiger partial charge < -0.3 is 5.11 Å². The summed E-state index contributed by atoms with van der Waals surface area (Å²) in [4.78, 5) is 0. The molecule has 0 unspecified atom stereocenters. The van der Waals surface area contributed by atoms with E-state index in [4.69, 9.17) is 23.2 Å². The van der Waals surface area contributed by atoms with Crippen LogP contribution < -0.4 is 0 Å². The third kappa shape index (κ3) is 4.37. The van der Waals surface area contributed by atoms with E-state index in [1.165, 1.54) is 13.8 Å². The topological polar surface area (TPSA) is 88.5 Å². The van der Waals surface area contributed by atoms with Gasteiger partial charge in [0.05, 0.1) is 5.75 Å². The maximum absolute atomic E-state index is 11.3. The Kier molecular flexibility index (Phi) is 6.02. The van der Waals surface area contributed by atoms with Crippen LogP contribution in [0.5, 0.6) is 0 Å². The van der Waals surface area contributed by atoms with Crippen LogP contribution in [0.3, 0.4) is 0 Å². The number of aliphatic hydroxyl groups excluding tert-OH is 1. The van der Waals surface area contributed by atoms with Gasteiger partial charge in [-0.3, -0.25) is 0 Å². The normalized spacial score (nSPS) is 19.1. The Hall–Kier alpha value is 0.440. The van der Waals surface area contributed by atoms with Crippen LogP contribution in [0.2, 0.25) is 0 Å². The van der Waals surface area contributed by atoms with Gasteiger partial charge in [-0.1, -0.05) is 0 Å². The van der Waals surface area contributed by atoms with E-state index >= 15 is 0 Å². The number of hydrogen-bond acceptors (Lipinski definition) is 5. The van der Waals surface area contributed by atoms with E-state index in [1.54, 1.807) is 0 Å². The summed E-state index contributed by atoms with van der Waals surface area (Å²) in [5.41, 5.74) is -1.79. The molecule has 0 aliphatic carbocycles. The number of rotatable bonds is 6. The van der Waals surface area contributed by atoms with Crippen molar-refractivity contribution in [2.45, 2.75) is 35.1 Å². The first kappa shape index (κ1) is 16.4. The summed E-state index contributed by atoms with van der Waals surface area (Å²) >= 11 is 10.7. The zero-order valence-corrected chi connectivity index (χ0v) is 11.9. The molecular weight excluding hydrogens is 299 g/mol. The molecule has 16 heavy (non-hydrogen) atoms. The summed E-state index contributed by atoms with van der Waals surface area (Å²) in [7, 11) is -7.49. The molecule has 0 aromatic heterocycles. The minimum atomic E-state index is -3.91. The lowest BCUT2D eigenvalue weighted by atomic mass is 10.5. The molecule has 9 heteroatoms. The predicted molar refractivity (Wildman–Crippen MR) is 64.0 cm³/mol. The van der Waals surface area contributed by atoms with Crippen LogP contribution in [0.4, 0.5) is 0 Å². The van der Waals surface area contributed by atoms with Gasteiger partial charge in [0.15, 0.2) is 25.1 Å². The second kappa shape index (κ2) is 5.86. The van der Waals surface area contributed by atoms with Crippen molar-refractivity contribution in [3.8, 4) is 0 Å². The summed E-state index contributed by atoms with van der Waals surface area (Å²) in [6, 6.07) is 0. The average molecular weight is 313 g/mol. The van der Waals surface area contributed by atoms with Crippen LogP contribution in [0.25, 0.3) is 0 Å². The number of aliphatic hydroxyl groups is 1. The molecule has 0 rings (SSSR count). The first-order valence-corrected chi connectivity index (χ1v) is 8.62. The summed E-state index contributed by atoms with van der Waals surface area (Å²) in [6.45, 7) is 2.46. The molecule has 0 heterocycles. The molecule has 0 amide bonds. The lowest BCUT2D eigenvalue weighted by Gasteiger charge is -2.14. The zero-order valence-electron chi connectivity index (χ0n) is 8.80. The molecule has 3 atom stereocenters. The molecule has 0 radical (unpaired) electrons. The number of halogens is 2. The van der Waals surface area contributed by atoms with Gasteiger partial charge in [0.1, 0.15) is 9.42 Å². The SMILES string of the molecule is C[C@H](Cl)S(=O)(=O)CC[C@@H](O)S(=O)(=O)[C@@H](C)Cl. The van der Waals surface area contributed by atoms with E-state index in [0.717, 1.165) is 0 Å². The molecule has 5 nitrogen and oxygen atoms in total. The molecule has 0 fully saturated rings. The summed E-state index contributed by atoms with van der Waals surface area (Å²) in [6.07, 6.45) is -0.432. The van der Waals surface area contributed by atoms with Crippen molar-refractivity contribution < 1.29 is 21.9 Å². The van der Waals surface area contributed by atoms with E-state index in [1.807, 2.05) is 0 Å². The predicted octanol–water partition coefficient (Wildman–Crippen LogP) is 0.694. The maximum atomic E-state index is 11.3. The van der Waals surface area contributed by atoms with Crippen LogP contribution in [-0.2, 0) is 19.7 Å². The fourth-order valence-corrected chi connectivity index (χ4v) is 3.34. The number of hydrogen-bond donors (Lipinski definition) is 1. The molecule has 98 valence electrons. The van der Waals surface area contributed by atoms with Crippen molar-refractivity contribution in [1.29, 1.82) is 0 Å². The molecule has 1 N–H and O–H groups in total. The van der Waals surface area contributed by atoms with Gasteiger partial charge in [0.25, 0.3) is 0 Å². The highest BCUT2D eigenvalue weighted by Crippen LogP contribution is 2.16. The monoisotopic (exact) mass is 312 g/mol. The molecule has 0 aliphatic rings. The lowest BCUT2D eigenvalue weighted by Crippen LogP contribution is -2.30. The van der Waals surface area contributed by atoms with Gasteiger partial charge in [0, 0.05) is 6.42 Å². The van der Waals surface area contributed by atoms with Gasteiger partial charge >= 0.3 is 0 Å². The summed E-state index contributed by atoms with van der Waals surface area (Å²) in [5.74, 6) is -0.498. The van der Waals surface area contributed by atoms with Crippen LogP contribution in [0.1, 0.15) is 20.3 Å². The van der Waals surface area contributed by atoms with E-state index in [2.05, 4.69) is 0 Å². The van der Waals surface area contributed by atoms with Crippen LogP contribution in [0, 0.1) is 0 Å². The van der Waals surface area contributed by atoms with Crippen molar-refractivity contribution in [3.63, 3.8) is 0 Å². The van der Waals surface area contributed by atoms with E-state index < -0.39 is 46.7 Å². The zero-order chi connectivity index (χ0) is 13.1. The minimum absolute atomic E-state index is 0.432. The first-order chi connectivity index (χ1) is 7.01. The Balaban J connectivity index is 4.58. The third-order valence-corrected chi connectivity index (χ3v) is 7.23. The highest BCUT2D eigenvalue weighted by Gasteiger charge is 2.30. The maximum Gasteiger partial charge on any atom is 0.193 e. The largest absolute Gasteiger partial charge is 0.377 e. The molecule has 0 spiro atoms. The van der Waals surface area contributed by atoms with Gasteiger partial charge in [-0.2, -0.15) is 0 Å². The Labute approximate surface area is 106 Å². The van der Waals surface area contributed by atoms with E-state index in [9.17, 15) is 21.9 Å². The highest BCUT2D eigenvalue weighted by molar-refractivity contribution is 7.94. The van der Waals surface area contributed by atoms with Crippen molar-refractivity contribution in [2.24, 2.45) is 0 Å². The van der Waals surface area contributed by atoms with Gasteiger partial charge in [0.2, 0.25) is 0 Å². The molecule has 0 bridgehead atoms. The standard InChI is InChI=1S/C7H14Cl2O5S2/c1-5(8)15(11,12)4-3-7(10)16(13,14)6(2)9/h5-7,10H,3-4H2,1-2H3/t5-,6+,7+/m1/s1. The highest BCUT2D eigenvalue weighted by atomic mass is 35.5. The second-order valence-corrected chi connectivity index (χ2v) is 9.98. The molecule has 0 saturated carbocycles. The minimum Gasteiger partial charge on any atom is -0.377 e. The van der Waals surface area contributed by atoms with Gasteiger partial charge in [-0.15, -0.1) is 23.2 Å². The van der Waals surface area contributed by atoms with Crippen molar-refractivity contribution in [3.05, 3.63) is 0 Å². The smallest absolute Gasteiger partial charge is 0.193 e. The molecule has 0 aromatic rings. The quantitative estimate of drug-likeness (QED) is 0.729. The van der Waals surface area contributed by atoms with E-state index in [-0.39, 0.29) is 0 Å². The lowest BCUT2D eigenvalue weighted by molar-refractivity contribution is 0.245. The van der Waals surface area contributed by atoms with Crippen LogP contribution in [-0.4, -0.2) is 42.5 Å². The van der Waals surface area contributed by atoms with Crippen molar-refractivity contribution >= 4 is 42.9 Å². The number of alkyl halides is 2. The third-order valence-electron chi connectivity index (χ3n) is 1.98. The fraction of sp³-hybridized carbons (Fsp3) is 1.00. The Bertz CT molecular complexity index is 412. The molecule has 0 aliphatic heterocycles. The van der Waals surface area contributed by atoms with Gasteiger partial charge in [-0.05, 0) is 13.8 Å². The number of sulfone groups is 2. The second-order valence-electron chi connectivity index (χ2n) is 3.29. The molecule has 0 aromatic carbocycles. The molecule has 0 saturated heterocycles. The Morgan fingerprint density at radius 3 is 1.81 bits per heavy atom. The van der Waals surface area contributed by atoms with Crippen LogP contribution in [0.15, 0.2) is 0 Å². The molecular formula is C7H14Cl2O5S2. The first-order valence-electron chi connectivity index (χ1n) is 4.42.